The molecule has 9 heteroatoms. The summed E-state index contributed by atoms with van der Waals surface area (Å²) in [5.41, 5.74) is 7.52. The van der Waals surface area contributed by atoms with Crippen molar-refractivity contribution in [1.29, 1.82) is 0 Å². The summed E-state index contributed by atoms with van der Waals surface area (Å²) in [5.74, 6) is -0.208. The Labute approximate surface area is 164 Å². The second kappa shape index (κ2) is 10.1. The number of nitrogens with one attached hydrogen (secondary N) is 1. The first-order chi connectivity index (χ1) is 12.6. The van der Waals surface area contributed by atoms with Crippen LogP contribution in [0.15, 0.2) is 42.7 Å². The zero-order chi connectivity index (χ0) is 18.4. The van der Waals surface area contributed by atoms with E-state index in [9.17, 15) is 9.59 Å². The highest BCUT2D eigenvalue weighted by Gasteiger charge is 2.18. The van der Waals surface area contributed by atoms with E-state index in [-0.39, 0.29) is 43.2 Å². The number of carbonyl (C=O) groups excluding carboxylic acids is 2. The molecule has 2 aromatic rings. The van der Waals surface area contributed by atoms with Gasteiger partial charge in [0.05, 0.1) is 25.1 Å². The molecule has 1 aromatic heterocycles. The number of nitrogens with zero attached hydrogens (tertiary/aromatic N) is 3. The topological polar surface area (TPSA) is 102 Å². The maximum absolute atomic E-state index is 12.2. The van der Waals surface area contributed by atoms with Crippen LogP contribution in [0.25, 0.3) is 0 Å². The Balaban J connectivity index is 0.00000261. The maximum atomic E-state index is 12.2. The number of benzene rings is 1. The summed E-state index contributed by atoms with van der Waals surface area (Å²) in [5, 5.41) is 6.90. The number of ether oxygens (including phenoxy) is 1. The summed E-state index contributed by atoms with van der Waals surface area (Å²) >= 11 is 0. The van der Waals surface area contributed by atoms with Crippen molar-refractivity contribution in [2.24, 2.45) is 5.73 Å². The van der Waals surface area contributed by atoms with Crippen molar-refractivity contribution in [3.63, 3.8) is 0 Å². The molecular formula is C18H24ClN5O3. The molecule has 0 aliphatic carbocycles. The van der Waals surface area contributed by atoms with Crippen LogP contribution in [0.3, 0.4) is 0 Å². The maximum Gasteiger partial charge on any atom is 0.244 e. The molecule has 2 heterocycles. The molecule has 1 aliphatic rings. The van der Waals surface area contributed by atoms with Gasteiger partial charge in [-0.15, -0.1) is 12.4 Å². The number of hydrogen-bond acceptors (Lipinski definition) is 5. The van der Waals surface area contributed by atoms with E-state index in [1.54, 1.807) is 11.1 Å². The van der Waals surface area contributed by atoms with Crippen LogP contribution >= 0.6 is 12.4 Å². The van der Waals surface area contributed by atoms with Gasteiger partial charge in [0.1, 0.15) is 6.54 Å². The number of amides is 2. The van der Waals surface area contributed by atoms with Gasteiger partial charge in [0.25, 0.3) is 0 Å². The van der Waals surface area contributed by atoms with Crippen LogP contribution in [-0.2, 0) is 20.9 Å². The molecule has 146 valence electrons. The van der Waals surface area contributed by atoms with Crippen LogP contribution in [0.4, 0.5) is 5.69 Å². The van der Waals surface area contributed by atoms with E-state index in [1.165, 1.54) is 10.9 Å². The van der Waals surface area contributed by atoms with Gasteiger partial charge in [-0.05, 0) is 5.56 Å². The van der Waals surface area contributed by atoms with Crippen molar-refractivity contribution in [1.82, 2.24) is 14.7 Å². The normalized spacial score (nSPS) is 14.9. The minimum absolute atomic E-state index is 0. The molecule has 3 N–H and O–H groups in total. The van der Waals surface area contributed by atoms with Crippen molar-refractivity contribution >= 4 is 29.9 Å². The number of hydrogen-bond donors (Lipinski definition) is 2. The van der Waals surface area contributed by atoms with Crippen LogP contribution in [0, 0.1) is 0 Å². The third kappa shape index (κ3) is 6.06. The predicted molar refractivity (Wildman–Crippen MR) is 103 cm³/mol. The Morgan fingerprint density at radius 3 is 2.63 bits per heavy atom. The van der Waals surface area contributed by atoms with Crippen molar-refractivity contribution < 1.29 is 14.3 Å². The van der Waals surface area contributed by atoms with E-state index < -0.39 is 0 Å². The number of nitrogens with two attached hydrogens (primary N) is 1. The van der Waals surface area contributed by atoms with E-state index in [4.69, 9.17) is 10.5 Å². The van der Waals surface area contributed by atoms with Crippen molar-refractivity contribution in [2.45, 2.75) is 19.0 Å². The van der Waals surface area contributed by atoms with Gasteiger partial charge in [0, 0.05) is 31.7 Å². The molecule has 8 nitrogen and oxygen atoms in total. The third-order valence-electron chi connectivity index (χ3n) is 4.21. The molecule has 3 rings (SSSR count). The highest BCUT2D eigenvalue weighted by atomic mass is 35.5. The predicted octanol–water partition coefficient (Wildman–Crippen LogP) is 1.19. The van der Waals surface area contributed by atoms with Crippen LogP contribution in [-0.4, -0.2) is 52.8 Å². The van der Waals surface area contributed by atoms with Crippen molar-refractivity contribution in [3.05, 3.63) is 48.3 Å². The van der Waals surface area contributed by atoms with Crippen LogP contribution in [0.1, 0.15) is 18.0 Å². The third-order valence-corrected chi connectivity index (χ3v) is 4.21. The lowest BCUT2D eigenvalue weighted by atomic mass is 10.0. The Morgan fingerprint density at radius 1 is 1.22 bits per heavy atom. The van der Waals surface area contributed by atoms with Crippen LogP contribution in [0.5, 0.6) is 0 Å². The lowest BCUT2D eigenvalue weighted by Crippen LogP contribution is -2.42. The molecule has 1 atom stereocenters. The monoisotopic (exact) mass is 393 g/mol. The van der Waals surface area contributed by atoms with Crippen molar-refractivity contribution in [3.8, 4) is 0 Å². The molecule has 1 unspecified atom stereocenters. The van der Waals surface area contributed by atoms with Gasteiger partial charge in [0.2, 0.25) is 11.8 Å². The molecule has 0 saturated carbocycles. The summed E-state index contributed by atoms with van der Waals surface area (Å²) in [4.78, 5) is 26.1. The minimum Gasteiger partial charge on any atom is -0.378 e. The molecule has 2 amide bonds. The lowest BCUT2D eigenvalue weighted by Gasteiger charge is -2.26. The highest BCUT2D eigenvalue weighted by molar-refractivity contribution is 5.91. The lowest BCUT2D eigenvalue weighted by molar-refractivity contribution is -0.136. The largest absolute Gasteiger partial charge is 0.378 e. The van der Waals surface area contributed by atoms with Gasteiger partial charge in [-0.1, -0.05) is 30.3 Å². The number of halogens is 1. The molecule has 1 fully saturated rings. The summed E-state index contributed by atoms with van der Waals surface area (Å²) in [7, 11) is 0. The highest BCUT2D eigenvalue weighted by Crippen LogP contribution is 2.15. The SMILES string of the molecule is Cl.NC(CC(=O)Nc1cnn(CC(=O)N2CCOCC2)c1)c1ccccc1. The quantitative estimate of drug-likeness (QED) is 0.767. The van der Waals surface area contributed by atoms with Crippen molar-refractivity contribution in [2.75, 3.05) is 31.6 Å². The van der Waals surface area contributed by atoms with E-state index in [1.807, 2.05) is 30.3 Å². The van der Waals surface area contributed by atoms with Crippen LogP contribution in [0.2, 0.25) is 0 Å². The average Bonchev–Trinajstić information content (AvgIpc) is 3.09. The summed E-state index contributed by atoms with van der Waals surface area (Å²) in [6.07, 6.45) is 3.34. The van der Waals surface area contributed by atoms with E-state index in [0.29, 0.717) is 32.0 Å². The summed E-state index contributed by atoms with van der Waals surface area (Å²) < 4.78 is 6.76. The Morgan fingerprint density at radius 2 is 1.93 bits per heavy atom. The Hall–Kier alpha value is -2.42. The van der Waals surface area contributed by atoms with Gasteiger partial charge in [0.15, 0.2) is 0 Å². The smallest absolute Gasteiger partial charge is 0.244 e. The molecule has 0 radical (unpaired) electrons. The first kappa shape index (κ1) is 20.9. The Kier molecular flexibility index (Phi) is 7.78. The van der Waals surface area contributed by atoms with Gasteiger partial charge in [-0.2, -0.15) is 5.10 Å². The molecule has 1 saturated heterocycles. The molecule has 0 bridgehead atoms. The fraction of sp³-hybridized carbons (Fsp3) is 0.389. The molecular weight excluding hydrogens is 370 g/mol. The van der Waals surface area contributed by atoms with Gasteiger partial charge >= 0.3 is 0 Å². The average molecular weight is 394 g/mol. The fourth-order valence-electron chi connectivity index (χ4n) is 2.80. The minimum atomic E-state index is -0.367. The Bertz CT molecular complexity index is 746. The first-order valence-corrected chi connectivity index (χ1v) is 8.60. The fourth-order valence-corrected chi connectivity index (χ4v) is 2.80. The molecule has 27 heavy (non-hydrogen) atoms. The number of anilines is 1. The van der Waals surface area contributed by atoms with Gasteiger partial charge < -0.3 is 20.7 Å². The second-order valence-electron chi connectivity index (χ2n) is 6.19. The number of morpholine rings is 1. The second-order valence-corrected chi connectivity index (χ2v) is 6.19. The number of rotatable bonds is 6. The molecule has 1 aromatic carbocycles. The van der Waals surface area contributed by atoms with E-state index >= 15 is 0 Å². The number of aromatic nitrogens is 2. The molecule has 1 aliphatic heterocycles. The zero-order valence-electron chi connectivity index (χ0n) is 14.9. The molecule has 0 spiro atoms. The van der Waals surface area contributed by atoms with E-state index in [0.717, 1.165) is 5.56 Å². The summed E-state index contributed by atoms with van der Waals surface area (Å²) in [6.45, 7) is 2.46. The summed E-state index contributed by atoms with van der Waals surface area (Å²) in [6, 6.07) is 9.11. The standard InChI is InChI=1S/C18H23N5O3.ClH/c19-16(14-4-2-1-3-5-14)10-17(24)21-15-11-20-23(12-15)13-18(25)22-6-8-26-9-7-22;/h1-5,11-12,16H,6-10,13,19H2,(H,21,24);1H. The van der Waals surface area contributed by atoms with Crippen LogP contribution < -0.4 is 11.1 Å². The van der Waals surface area contributed by atoms with Gasteiger partial charge in [-0.25, -0.2) is 0 Å². The first-order valence-electron chi connectivity index (χ1n) is 8.60. The number of carbonyl (C=O) groups is 2. The van der Waals surface area contributed by atoms with E-state index in [2.05, 4.69) is 10.4 Å². The van der Waals surface area contributed by atoms with Gasteiger partial charge in [-0.3, -0.25) is 14.3 Å². The zero-order valence-corrected chi connectivity index (χ0v) is 15.7.